The molecule has 54 valence electrons. The average molecular weight is 259 g/mol. The van der Waals surface area contributed by atoms with Gasteiger partial charge >= 0.3 is 0 Å². The van der Waals surface area contributed by atoms with Gasteiger partial charge in [0.1, 0.15) is 0 Å². The third-order valence-electron chi connectivity index (χ3n) is 0.875. The first-order valence-corrected chi connectivity index (χ1v) is 3.36. The lowest BCUT2D eigenvalue weighted by Gasteiger charge is -1.94. The monoisotopic (exact) mass is 259 g/mol. The van der Waals surface area contributed by atoms with Gasteiger partial charge in [-0.15, -0.1) is 0 Å². The largest absolute Gasteiger partial charge is 0.250 e. The van der Waals surface area contributed by atoms with Crippen LogP contribution < -0.4 is 0 Å². The summed E-state index contributed by atoms with van der Waals surface area (Å²) in [7, 11) is 0. The van der Waals surface area contributed by atoms with E-state index in [1.165, 1.54) is 22.6 Å². The van der Waals surface area contributed by atoms with Crippen molar-refractivity contribution in [2.75, 3.05) is 0 Å². The number of pyridine rings is 1. The molecule has 0 bridgehead atoms. The summed E-state index contributed by atoms with van der Waals surface area (Å²) in [5.74, 6) is -3.36. The molecule has 0 fully saturated rings. The highest BCUT2D eigenvalue weighted by atomic mass is 127. The molecule has 0 aliphatic carbocycles. The quantitative estimate of drug-likeness (QED) is 0.513. The first kappa shape index (κ1) is 7.77. The van der Waals surface area contributed by atoms with Crippen LogP contribution in [0.5, 0.6) is 0 Å². The Balaban J connectivity index is 3.34. The van der Waals surface area contributed by atoms with Gasteiger partial charge in [-0.25, -0.2) is 13.8 Å². The van der Waals surface area contributed by atoms with Crippen molar-refractivity contribution in [1.29, 1.82) is 0 Å². The van der Waals surface area contributed by atoms with Crippen molar-refractivity contribution in [2.24, 2.45) is 0 Å². The predicted octanol–water partition coefficient (Wildman–Crippen LogP) is 2.10. The lowest BCUT2D eigenvalue weighted by atomic mass is 10.4. The zero-order valence-corrected chi connectivity index (χ0v) is 6.69. The fourth-order valence-corrected chi connectivity index (χ4v) is 0.784. The van der Waals surface area contributed by atoms with Crippen LogP contribution in [0.15, 0.2) is 6.20 Å². The Morgan fingerprint density at radius 3 is 2.40 bits per heavy atom. The lowest BCUT2D eigenvalue weighted by molar-refractivity contribution is 0.457. The highest BCUT2D eigenvalue weighted by Crippen LogP contribution is 2.14. The van der Waals surface area contributed by atoms with Crippen LogP contribution >= 0.6 is 22.6 Å². The van der Waals surface area contributed by atoms with Gasteiger partial charge in [0.05, 0.1) is 9.77 Å². The van der Waals surface area contributed by atoms with Gasteiger partial charge in [-0.1, -0.05) is 0 Å². The Hall–Kier alpha value is -0.330. The second kappa shape index (κ2) is 2.73. The van der Waals surface area contributed by atoms with Crippen molar-refractivity contribution >= 4 is 22.6 Å². The topological polar surface area (TPSA) is 12.9 Å². The molecule has 1 heterocycles. The third-order valence-corrected chi connectivity index (χ3v) is 1.86. The van der Waals surface area contributed by atoms with Gasteiger partial charge in [-0.05, 0) is 22.6 Å². The highest BCUT2D eigenvalue weighted by Gasteiger charge is 2.11. The van der Waals surface area contributed by atoms with Crippen LogP contribution in [-0.2, 0) is 0 Å². The Labute approximate surface area is 68.4 Å². The molecule has 0 aliphatic rings. The third kappa shape index (κ3) is 1.23. The number of rotatable bonds is 0. The lowest BCUT2D eigenvalue weighted by Crippen LogP contribution is -1.95. The van der Waals surface area contributed by atoms with Crippen LogP contribution in [0.4, 0.5) is 13.2 Å². The van der Waals surface area contributed by atoms with Crippen LogP contribution in [-0.4, -0.2) is 4.98 Å². The Bertz CT molecular complexity index is 236. The summed E-state index contributed by atoms with van der Waals surface area (Å²) in [6.45, 7) is 0. The number of hydrogen-bond acceptors (Lipinski definition) is 1. The predicted molar refractivity (Wildman–Crippen MR) is 36.8 cm³/mol. The molecular formula is C5HF3IN. The summed E-state index contributed by atoms with van der Waals surface area (Å²) in [4.78, 5) is 2.82. The molecule has 0 amide bonds. The van der Waals surface area contributed by atoms with E-state index in [2.05, 4.69) is 4.98 Å². The fourth-order valence-electron chi connectivity index (χ4n) is 0.422. The zero-order valence-electron chi connectivity index (χ0n) is 4.54. The summed E-state index contributed by atoms with van der Waals surface area (Å²) in [5, 5.41) is 0. The second-order valence-electron chi connectivity index (χ2n) is 1.52. The van der Waals surface area contributed by atoms with Gasteiger partial charge in [0, 0.05) is 0 Å². The molecule has 0 aliphatic heterocycles. The Morgan fingerprint density at radius 1 is 1.30 bits per heavy atom. The molecule has 1 nitrogen and oxygen atoms in total. The SMILES string of the molecule is Fc1cnc(F)c(F)c1I. The van der Waals surface area contributed by atoms with E-state index in [0.717, 1.165) is 0 Å². The van der Waals surface area contributed by atoms with Crippen LogP contribution in [0.25, 0.3) is 0 Å². The molecule has 0 unspecified atom stereocenters. The second-order valence-corrected chi connectivity index (χ2v) is 2.60. The molecule has 1 aromatic rings. The first-order chi connectivity index (χ1) is 4.63. The van der Waals surface area contributed by atoms with E-state index >= 15 is 0 Å². The van der Waals surface area contributed by atoms with Gasteiger partial charge in [0.15, 0.2) is 11.6 Å². The summed E-state index contributed by atoms with van der Waals surface area (Å²) >= 11 is 1.36. The molecule has 1 rings (SSSR count). The van der Waals surface area contributed by atoms with Crippen LogP contribution in [0.1, 0.15) is 0 Å². The van der Waals surface area contributed by atoms with Gasteiger partial charge in [-0.2, -0.15) is 4.39 Å². The number of hydrogen-bond donors (Lipinski definition) is 0. The zero-order chi connectivity index (χ0) is 7.72. The molecule has 0 radical (unpaired) electrons. The van der Waals surface area contributed by atoms with Crippen molar-refractivity contribution < 1.29 is 13.2 Å². The molecule has 0 saturated heterocycles. The van der Waals surface area contributed by atoms with Crippen molar-refractivity contribution in [2.45, 2.75) is 0 Å². The molecular weight excluding hydrogens is 258 g/mol. The molecule has 0 N–H and O–H groups in total. The number of aromatic nitrogens is 1. The maximum absolute atomic E-state index is 12.3. The van der Waals surface area contributed by atoms with Crippen LogP contribution in [0.3, 0.4) is 0 Å². The summed E-state index contributed by atoms with van der Waals surface area (Å²) in [6, 6.07) is 0. The first-order valence-electron chi connectivity index (χ1n) is 2.28. The van der Waals surface area contributed by atoms with E-state index < -0.39 is 17.6 Å². The molecule has 0 aromatic carbocycles. The standard InChI is InChI=1S/C5HF3IN/c6-2-1-10-5(8)3(7)4(2)9/h1H. The summed E-state index contributed by atoms with van der Waals surface area (Å²) in [6.07, 6.45) is 0.639. The molecule has 0 spiro atoms. The van der Waals surface area contributed by atoms with Crippen LogP contribution in [0.2, 0.25) is 0 Å². The fraction of sp³-hybridized carbons (Fsp3) is 0. The highest BCUT2D eigenvalue weighted by molar-refractivity contribution is 14.1. The van der Waals surface area contributed by atoms with E-state index in [0.29, 0.717) is 6.20 Å². The Kier molecular flexibility index (Phi) is 2.12. The smallest absolute Gasteiger partial charge is 0.223 e. The minimum atomic E-state index is -1.27. The summed E-state index contributed by atoms with van der Waals surface area (Å²) in [5.41, 5.74) is 0. The number of nitrogens with zero attached hydrogens (tertiary/aromatic N) is 1. The van der Waals surface area contributed by atoms with Gasteiger partial charge in [0.2, 0.25) is 5.95 Å². The molecule has 0 saturated carbocycles. The van der Waals surface area contributed by atoms with E-state index in [1.54, 1.807) is 0 Å². The maximum atomic E-state index is 12.3. The van der Waals surface area contributed by atoms with E-state index in [9.17, 15) is 13.2 Å². The number of halogens is 4. The van der Waals surface area contributed by atoms with Gasteiger partial charge < -0.3 is 0 Å². The van der Waals surface area contributed by atoms with Crippen LogP contribution in [0, 0.1) is 21.2 Å². The molecule has 1 aromatic heterocycles. The van der Waals surface area contributed by atoms with Crippen molar-refractivity contribution in [3.05, 3.63) is 27.3 Å². The van der Waals surface area contributed by atoms with Gasteiger partial charge in [-0.3, -0.25) is 0 Å². The van der Waals surface area contributed by atoms with Crippen molar-refractivity contribution in [3.63, 3.8) is 0 Å². The molecule has 5 heteroatoms. The normalized spacial score (nSPS) is 10.0. The maximum Gasteiger partial charge on any atom is 0.250 e. The minimum absolute atomic E-state index is 0.370. The van der Waals surface area contributed by atoms with E-state index in [4.69, 9.17) is 0 Å². The van der Waals surface area contributed by atoms with Crippen molar-refractivity contribution in [3.8, 4) is 0 Å². The van der Waals surface area contributed by atoms with E-state index in [1.807, 2.05) is 0 Å². The Morgan fingerprint density at radius 2 is 1.90 bits per heavy atom. The van der Waals surface area contributed by atoms with E-state index in [-0.39, 0.29) is 3.57 Å². The van der Waals surface area contributed by atoms with Gasteiger partial charge in [0.25, 0.3) is 0 Å². The average Bonchev–Trinajstić information content (AvgIpc) is 1.93. The molecule has 0 atom stereocenters. The summed E-state index contributed by atoms with van der Waals surface area (Å²) < 4.78 is 36.3. The minimum Gasteiger partial charge on any atom is -0.223 e. The molecule has 10 heavy (non-hydrogen) atoms. The van der Waals surface area contributed by atoms with Crippen molar-refractivity contribution in [1.82, 2.24) is 4.98 Å².